The van der Waals surface area contributed by atoms with E-state index in [1.807, 2.05) is 38.2 Å². The first-order chi connectivity index (χ1) is 7.72. The van der Waals surface area contributed by atoms with E-state index in [-0.39, 0.29) is 0 Å². The maximum Gasteiger partial charge on any atom is 0.135 e. The lowest BCUT2D eigenvalue weighted by Crippen LogP contribution is -1.87. The van der Waals surface area contributed by atoms with Gasteiger partial charge < -0.3 is 4.74 Å². The van der Waals surface area contributed by atoms with Gasteiger partial charge in [-0.3, -0.25) is 4.98 Å². The number of benzene rings is 1. The van der Waals surface area contributed by atoms with Crippen molar-refractivity contribution in [3.8, 4) is 5.75 Å². The molecule has 0 N–H and O–H groups in total. The Bertz CT molecular complexity index is 483. The summed E-state index contributed by atoms with van der Waals surface area (Å²) < 4.78 is 6.17. The van der Waals surface area contributed by atoms with Gasteiger partial charge in [0.05, 0.1) is 17.1 Å². The molecule has 0 fully saturated rings. The average molecular weight is 282 g/mol. The fraction of sp³-hybridized carbons (Fsp3) is 0.308. The normalized spacial score (nSPS) is 9.56. The molecule has 1 heterocycles. The van der Waals surface area contributed by atoms with Gasteiger partial charge in [-0.1, -0.05) is 13.8 Å². The van der Waals surface area contributed by atoms with Gasteiger partial charge in [0.25, 0.3) is 0 Å². The van der Waals surface area contributed by atoms with Crippen molar-refractivity contribution in [3.63, 3.8) is 0 Å². The molecule has 0 radical (unpaired) electrons. The van der Waals surface area contributed by atoms with E-state index in [2.05, 4.69) is 27.8 Å². The highest BCUT2D eigenvalue weighted by Crippen LogP contribution is 2.30. The van der Waals surface area contributed by atoms with Crippen LogP contribution < -0.4 is 4.74 Å². The summed E-state index contributed by atoms with van der Waals surface area (Å²) in [5.41, 5.74) is 2.18. The van der Waals surface area contributed by atoms with Crippen LogP contribution in [0.5, 0.6) is 5.75 Å². The minimum Gasteiger partial charge on any atom is -0.495 e. The van der Waals surface area contributed by atoms with E-state index >= 15 is 0 Å². The molecular formula is C13H16BrNO. The van der Waals surface area contributed by atoms with Crippen molar-refractivity contribution in [1.82, 2.24) is 4.98 Å². The molecule has 0 bridgehead atoms. The monoisotopic (exact) mass is 281 g/mol. The van der Waals surface area contributed by atoms with E-state index in [0.29, 0.717) is 0 Å². The number of halogens is 1. The molecule has 2 rings (SSSR count). The number of nitrogens with zero attached hydrogens (tertiary/aromatic N) is 1. The highest BCUT2D eigenvalue weighted by atomic mass is 79.9. The summed E-state index contributed by atoms with van der Waals surface area (Å²) in [6.07, 6.45) is 1.81. The van der Waals surface area contributed by atoms with Crippen LogP contribution in [-0.2, 0) is 0 Å². The summed E-state index contributed by atoms with van der Waals surface area (Å²) in [6.45, 7) is 6.07. The first kappa shape index (κ1) is 13.0. The first-order valence-corrected chi connectivity index (χ1v) is 6.10. The predicted molar refractivity (Wildman–Crippen MR) is 72.1 cm³/mol. The second-order valence-electron chi connectivity index (χ2n) is 3.13. The summed E-state index contributed by atoms with van der Waals surface area (Å²) >= 11 is 3.46. The number of hydrogen-bond acceptors (Lipinski definition) is 2. The zero-order chi connectivity index (χ0) is 12.1. The molecule has 2 aromatic rings. The van der Waals surface area contributed by atoms with E-state index in [0.717, 1.165) is 21.1 Å². The lowest BCUT2D eigenvalue weighted by molar-refractivity contribution is 0.412. The van der Waals surface area contributed by atoms with Gasteiger partial charge in [-0.2, -0.15) is 0 Å². The van der Waals surface area contributed by atoms with Gasteiger partial charge in [0.1, 0.15) is 5.75 Å². The highest BCUT2D eigenvalue weighted by molar-refractivity contribution is 9.10. The number of rotatable bonds is 1. The summed E-state index contributed by atoms with van der Waals surface area (Å²) in [5.74, 6) is 0.815. The summed E-state index contributed by atoms with van der Waals surface area (Å²) in [5, 5.41) is 1.15. The first-order valence-electron chi connectivity index (χ1n) is 5.31. The minimum absolute atomic E-state index is 0.815. The van der Waals surface area contributed by atoms with Gasteiger partial charge in [0, 0.05) is 17.6 Å². The fourth-order valence-electron chi connectivity index (χ4n) is 1.44. The lowest BCUT2D eigenvalue weighted by Gasteiger charge is -2.06. The topological polar surface area (TPSA) is 22.1 Å². The quantitative estimate of drug-likeness (QED) is 0.776. The largest absolute Gasteiger partial charge is 0.495 e. The van der Waals surface area contributed by atoms with Crippen LogP contribution in [0, 0.1) is 6.92 Å². The Morgan fingerprint density at radius 2 is 1.94 bits per heavy atom. The van der Waals surface area contributed by atoms with E-state index in [4.69, 9.17) is 4.74 Å². The zero-order valence-corrected chi connectivity index (χ0v) is 11.6. The average Bonchev–Trinajstić information content (AvgIpc) is 2.32. The Balaban J connectivity index is 0.000000606. The maximum absolute atomic E-state index is 5.21. The number of fused-ring (bicyclic) bond motifs is 1. The minimum atomic E-state index is 0.815. The number of ether oxygens (including phenoxy) is 1. The van der Waals surface area contributed by atoms with Crippen LogP contribution in [0.2, 0.25) is 0 Å². The lowest BCUT2D eigenvalue weighted by atomic mass is 10.1. The third kappa shape index (κ3) is 2.53. The molecule has 0 aliphatic heterocycles. The maximum atomic E-state index is 5.21. The van der Waals surface area contributed by atoms with Crippen LogP contribution in [0.4, 0.5) is 0 Å². The number of methoxy groups -OCH3 is 1. The smallest absolute Gasteiger partial charge is 0.135 e. The molecule has 0 amide bonds. The van der Waals surface area contributed by atoms with E-state index in [1.165, 1.54) is 5.56 Å². The van der Waals surface area contributed by atoms with Crippen LogP contribution in [0.25, 0.3) is 10.9 Å². The molecule has 0 atom stereocenters. The summed E-state index contributed by atoms with van der Waals surface area (Å²) in [6, 6.07) is 5.98. The van der Waals surface area contributed by atoms with Gasteiger partial charge in [-0.15, -0.1) is 0 Å². The van der Waals surface area contributed by atoms with E-state index < -0.39 is 0 Å². The predicted octanol–water partition coefficient (Wildman–Crippen LogP) is 4.34. The van der Waals surface area contributed by atoms with Crippen molar-refractivity contribution in [2.45, 2.75) is 20.8 Å². The molecule has 0 aliphatic carbocycles. The Labute approximate surface area is 105 Å². The SMILES string of the molecule is CC.COc1cc2nccc(C)c2cc1Br. The molecule has 0 aliphatic rings. The van der Waals surface area contributed by atoms with E-state index in [1.54, 1.807) is 7.11 Å². The molecule has 1 aromatic carbocycles. The zero-order valence-electron chi connectivity index (χ0n) is 10.0. The molecule has 86 valence electrons. The molecule has 1 aromatic heterocycles. The van der Waals surface area contributed by atoms with Crippen LogP contribution in [0.1, 0.15) is 19.4 Å². The van der Waals surface area contributed by atoms with Gasteiger partial charge in [-0.05, 0) is 40.5 Å². The summed E-state index contributed by atoms with van der Waals surface area (Å²) in [7, 11) is 1.65. The number of aromatic nitrogens is 1. The van der Waals surface area contributed by atoms with Crippen LogP contribution in [0.3, 0.4) is 0 Å². The van der Waals surface area contributed by atoms with Gasteiger partial charge >= 0.3 is 0 Å². The van der Waals surface area contributed by atoms with Gasteiger partial charge in [0.2, 0.25) is 0 Å². The Hall–Kier alpha value is -1.09. The Kier molecular flexibility index (Phi) is 4.74. The van der Waals surface area contributed by atoms with E-state index in [9.17, 15) is 0 Å². The van der Waals surface area contributed by atoms with Crippen LogP contribution in [-0.4, -0.2) is 12.1 Å². The molecule has 2 nitrogen and oxygen atoms in total. The Morgan fingerprint density at radius 3 is 2.56 bits per heavy atom. The molecule has 0 saturated carbocycles. The number of hydrogen-bond donors (Lipinski definition) is 0. The van der Waals surface area contributed by atoms with Crippen molar-refractivity contribution in [1.29, 1.82) is 0 Å². The van der Waals surface area contributed by atoms with Crippen molar-refractivity contribution in [2.24, 2.45) is 0 Å². The summed E-state index contributed by atoms with van der Waals surface area (Å²) in [4.78, 5) is 4.29. The Morgan fingerprint density at radius 1 is 1.25 bits per heavy atom. The molecule has 0 spiro atoms. The number of pyridine rings is 1. The van der Waals surface area contributed by atoms with Crippen molar-refractivity contribution < 1.29 is 4.74 Å². The molecule has 16 heavy (non-hydrogen) atoms. The van der Waals surface area contributed by atoms with Crippen LogP contribution in [0.15, 0.2) is 28.9 Å². The van der Waals surface area contributed by atoms with Gasteiger partial charge in [-0.25, -0.2) is 0 Å². The molecule has 0 saturated heterocycles. The van der Waals surface area contributed by atoms with Crippen molar-refractivity contribution in [2.75, 3.05) is 7.11 Å². The van der Waals surface area contributed by atoms with Crippen LogP contribution >= 0.6 is 15.9 Å². The molecule has 0 unspecified atom stereocenters. The fourth-order valence-corrected chi connectivity index (χ4v) is 1.95. The standard InChI is InChI=1S/C11H10BrNO.C2H6/c1-7-3-4-13-10-6-11(14-2)9(12)5-8(7)10;1-2/h3-6H,1-2H3;1-2H3. The van der Waals surface area contributed by atoms with Crippen molar-refractivity contribution in [3.05, 3.63) is 34.4 Å². The second-order valence-corrected chi connectivity index (χ2v) is 3.99. The molecule has 3 heteroatoms. The second kappa shape index (κ2) is 5.85. The molecular weight excluding hydrogens is 266 g/mol. The van der Waals surface area contributed by atoms with Crippen molar-refractivity contribution >= 4 is 26.8 Å². The highest BCUT2D eigenvalue weighted by Gasteiger charge is 2.04. The third-order valence-corrected chi connectivity index (χ3v) is 2.85. The van der Waals surface area contributed by atoms with Gasteiger partial charge in [0.15, 0.2) is 0 Å². The number of aryl methyl sites for hydroxylation is 1. The third-order valence-electron chi connectivity index (χ3n) is 2.23.